The number of hydrogen-bond donors (Lipinski definition) is 2. The van der Waals surface area contributed by atoms with Gasteiger partial charge in [0.2, 0.25) is 11.5 Å². The molecule has 140 valence electrons. The van der Waals surface area contributed by atoms with Gasteiger partial charge in [0, 0.05) is 0 Å². The molecule has 0 fully saturated rings. The first-order valence-corrected chi connectivity index (χ1v) is 9.16. The molecule has 5 nitrogen and oxygen atoms in total. The van der Waals surface area contributed by atoms with Gasteiger partial charge in [0.25, 0.3) is 0 Å². The van der Waals surface area contributed by atoms with Crippen LogP contribution in [0.15, 0.2) is 23.7 Å². The first-order valence-electron chi connectivity index (χ1n) is 9.16. The Morgan fingerprint density at radius 1 is 0.917 bits per heavy atom. The molecule has 0 heterocycles. The zero-order valence-electron chi connectivity index (χ0n) is 15.3. The van der Waals surface area contributed by atoms with Crippen molar-refractivity contribution in [1.29, 1.82) is 0 Å². The summed E-state index contributed by atoms with van der Waals surface area (Å²) in [5, 5.41) is 18.1. The number of allylic oxidation sites excluding steroid dienone is 2. The highest BCUT2D eigenvalue weighted by atomic mass is 17.1. The summed E-state index contributed by atoms with van der Waals surface area (Å²) in [4.78, 5) is 15.1. The summed E-state index contributed by atoms with van der Waals surface area (Å²) in [6.07, 6.45) is 18.1. The average Bonchev–Trinajstić information content (AvgIpc) is 2.61. The average molecular weight is 342 g/mol. The molecule has 0 saturated carbocycles. The monoisotopic (exact) mass is 342 g/mol. The van der Waals surface area contributed by atoms with Gasteiger partial charge in [-0.05, 0) is 18.9 Å². The summed E-state index contributed by atoms with van der Waals surface area (Å²) < 4.78 is 4.34. The van der Waals surface area contributed by atoms with Crippen LogP contribution in [0.25, 0.3) is 0 Å². The highest BCUT2D eigenvalue weighted by molar-refractivity contribution is 5.86. The Kier molecular flexibility index (Phi) is 15.4. The van der Waals surface area contributed by atoms with E-state index in [0.29, 0.717) is 0 Å². The van der Waals surface area contributed by atoms with Gasteiger partial charge in [0.15, 0.2) is 0 Å². The van der Waals surface area contributed by atoms with Crippen LogP contribution in [-0.2, 0) is 14.4 Å². The molecule has 0 atom stereocenters. The molecule has 2 N–H and O–H groups in total. The fourth-order valence-electron chi connectivity index (χ4n) is 2.47. The summed E-state index contributed by atoms with van der Waals surface area (Å²) in [6, 6.07) is 0. The van der Waals surface area contributed by atoms with Crippen molar-refractivity contribution in [2.45, 2.75) is 84.0 Å². The van der Waals surface area contributed by atoms with Crippen molar-refractivity contribution in [3.05, 3.63) is 23.7 Å². The molecular weight excluding hydrogens is 308 g/mol. The van der Waals surface area contributed by atoms with Gasteiger partial charge in [0.1, 0.15) is 0 Å². The summed E-state index contributed by atoms with van der Waals surface area (Å²) in [7, 11) is 1.14. The number of ether oxygens (including phenoxy) is 1. The van der Waals surface area contributed by atoms with Crippen molar-refractivity contribution in [2.24, 2.45) is 0 Å². The maximum Gasteiger partial charge on any atom is 0.377 e. The summed E-state index contributed by atoms with van der Waals surface area (Å²) >= 11 is 0. The van der Waals surface area contributed by atoms with Crippen LogP contribution in [0.3, 0.4) is 0 Å². The first kappa shape index (κ1) is 22.5. The van der Waals surface area contributed by atoms with E-state index in [-0.39, 0.29) is 5.76 Å². The predicted octanol–water partition coefficient (Wildman–Crippen LogP) is 5.68. The Balaban J connectivity index is 3.63. The number of rotatable bonds is 15. The maximum atomic E-state index is 11.1. The minimum absolute atomic E-state index is 0.301. The van der Waals surface area contributed by atoms with E-state index in [2.05, 4.69) is 16.5 Å². The summed E-state index contributed by atoms with van der Waals surface area (Å²) in [5.41, 5.74) is 0. The van der Waals surface area contributed by atoms with Crippen LogP contribution in [-0.4, -0.2) is 23.4 Å². The smallest absolute Gasteiger partial charge is 0.377 e. The SMILES string of the molecule is CCCCCCCCCCCCCC=CC(OO)=C(O)C(=O)OC. The highest BCUT2D eigenvalue weighted by Crippen LogP contribution is 2.13. The Morgan fingerprint density at radius 2 is 1.42 bits per heavy atom. The molecule has 0 rings (SSSR count). The lowest BCUT2D eigenvalue weighted by molar-refractivity contribution is -0.202. The zero-order valence-corrected chi connectivity index (χ0v) is 15.3. The van der Waals surface area contributed by atoms with Gasteiger partial charge in [-0.25, -0.2) is 10.1 Å². The number of unbranched alkanes of at least 4 members (excludes halogenated alkanes) is 11. The van der Waals surface area contributed by atoms with Crippen LogP contribution < -0.4 is 0 Å². The first-order chi connectivity index (χ1) is 11.7. The van der Waals surface area contributed by atoms with Crippen LogP contribution in [0.4, 0.5) is 0 Å². The van der Waals surface area contributed by atoms with Gasteiger partial charge in [0.05, 0.1) is 7.11 Å². The molecule has 0 amide bonds. The Morgan fingerprint density at radius 3 is 1.88 bits per heavy atom. The summed E-state index contributed by atoms with van der Waals surface area (Å²) in [5.74, 6) is -1.99. The lowest BCUT2D eigenvalue weighted by Gasteiger charge is -2.02. The second kappa shape index (κ2) is 16.4. The van der Waals surface area contributed by atoms with Crippen molar-refractivity contribution in [3.8, 4) is 0 Å². The molecule has 0 bridgehead atoms. The minimum Gasteiger partial charge on any atom is -0.499 e. The fourth-order valence-corrected chi connectivity index (χ4v) is 2.47. The van der Waals surface area contributed by atoms with E-state index in [4.69, 9.17) is 5.26 Å². The molecule has 0 unspecified atom stereocenters. The van der Waals surface area contributed by atoms with Gasteiger partial charge in [-0.1, -0.05) is 77.2 Å². The van der Waals surface area contributed by atoms with Crippen molar-refractivity contribution < 1.29 is 24.8 Å². The lowest BCUT2D eigenvalue weighted by Crippen LogP contribution is -2.07. The van der Waals surface area contributed by atoms with Crippen molar-refractivity contribution >= 4 is 5.97 Å². The topological polar surface area (TPSA) is 76.0 Å². The lowest BCUT2D eigenvalue weighted by atomic mass is 10.1. The third-order valence-electron chi connectivity index (χ3n) is 3.95. The van der Waals surface area contributed by atoms with E-state index in [0.717, 1.165) is 26.4 Å². The number of aliphatic hydroxyl groups excluding tert-OH is 1. The van der Waals surface area contributed by atoms with E-state index < -0.39 is 11.7 Å². The van der Waals surface area contributed by atoms with Crippen molar-refractivity contribution in [2.75, 3.05) is 7.11 Å². The number of esters is 1. The molecule has 0 aromatic heterocycles. The molecular formula is C19H34O5. The Bertz CT molecular complexity index is 374. The number of aliphatic hydroxyl groups is 1. The molecule has 0 aliphatic heterocycles. The third-order valence-corrected chi connectivity index (χ3v) is 3.95. The van der Waals surface area contributed by atoms with E-state index in [1.54, 1.807) is 6.08 Å². The third kappa shape index (κ3) is 12.0. The van der Waals surface area contributed by atoms with Crippen LogP contribution in [0.5, 0.6) is 0 Å². The predicted molar refractivity (Wildman–Crippen MR) is 95.6 cm³/mol. The fraction of sp³-hybridized carbons (Fsp3) is 0.737. The Hall–Kier alpha value is -1.49. The quantitative estimate of drug-likeness (QED) is 0.0762. The van der Waals surface area contributed by atoms with Crippen molar-refractivity contribution in [1.82, 2.24) is 0 Å². The van der Waals surface area contributed by atoms with Gasteiger partial charge in [-0.15, -0.1) is 0 Å². The summed E-state index contributed by atoms with van der Waals surface area (Å²) in [6.45, 7) is 2.24. The molecule has 0 aliphatic rings. The van der Waals surface area contributed by atoms with Gasteiger partial charge in [-0.2, -0.15) is 0 Å². The molecule has 0 radical (unpaired) electrons. The van der Waals surface area contributed by atoms with Crippen LogP contribution in [0, 0.1) is 0 Å². The zero-order chi connectivity index (χ0) is 18.0. The maximum absolute atomic E-state index is 11.1. The van der Waals surface area contributed by atoms with Gasteiger partial charge in [-0.3, -0.25) is 0 Å². The Labute approximate surface area is 146 Å². The highest BCUT2D eigenvalue weighted by Gasteiger charge is 2.14. The largest absolute Gasteiger partial charge is 0.499 e. The molecule has 0 aromatic rings. The van der Waals surface area contributed by atoms with Crippen LogP contribution >= 0.6 is 0 Å². The van der Waals surface area contributed by atoms with Crippen LogP contribution in [0.2, 0.25) is 0 Å². The second-order valence-electron chi connectivity index (χ2n) is 6.02. The number of methoxy groups -OCH3 is 1. The molecule has 5 heteroatoms. The van der Waals surface area contributed by atoms with Gasteiger partial charge >= 0.3 is 5.97 Å². The van der Waals surface area contributed by atoms with Crippen LogP contribution in [0.1, 0.15) is 84.0 Å². The number of hydrogen-bond acceptors (Lipinski definition) is 5. The second-order valence-corrected chi connectivity index (χ2v) is 6.02. The molecule has 0 aromatic carbocycles. The van der Waals surface area contributed by atoms with E-state index in [1.165, 1.54) is 63.9 Å². The normalized spacial score (nSPS) is 12.3. The molecule has 24 heavy (non-hydrogen) atoms. The molecule has 0 saturated heterocycles. The number of carbonyl (C=O) groups excluding carboxylic acids is 1. The van der Waals surface area contributed by atoms with E-state index >= 15 is 0 Å². The van der Waals surface area contributed by atoms with Gasteiger partial charge < -0.3 is 14.7 Å². The van der Waals surface area contributed by atoms with E-state index in [1.807, 2.05) is 0 Å². The minimum atomic E-state index is -0.946. The van der Waals surface area contributed by atoms with E-state index in [9.17, 15) is 9.90 Å². The van der Waals surface area contributed by atoms with Crippen molar-refractivity contribution in [3.63, 3.8) is 0 Å². The standard InChI is InChI=1S/C19H34O5/c1-3-4-5-6-7-8-9-10-11-12-13-14-15-16-17(24-22)18(20)19(21)23-2/h15-16,20,22H,3-14H2,1-2H3. The number of carbonyl (C=O) groups is 1. The molecule has 0 aliphatic carbocycles. The molecule has 0 spiro atoms.